The first-order valence-electron chi connectivity index (χ1n) is 41.9. The fraction of sp³-hybridized carbons (Fsp3) is 0.449. The topological polar surface area (TPSA) is 317 Å². The number of methoxy groups -OCH3 is 3. The molecule has 0 saturated carbocycles. The Morgan fingerprint density at radius 3 is 1.22 bits per heavy atom. The van der Waals surface area contributed by atoms with Crippen LogP contribution < -0.4 is 27.4 Å². The minimum absolute atomic E-state index is 0.0113. The van der Waals surface area contributed by atoms with Crippen LogP contribution in [-0.4, -0.2) is 151 Å². The zero-order valence-corrected chi connectivity index (χ0v) is 77.8. The summed E-state index contributed by atoms with van der Waals surface area (Å²) in [5, 5.41) is -1.04. The Bertz CT molecular complexity index is 5780. The third kappa shape index (κ3) is 23.2. The molecular formula is C89H107F6N9O22P2Si2. The molecule has 0 spiro atoms. The number of alkyl halides is 6. The standard InChI is InChI=1S/C89H107F6N9O22P2Si2/c1-86(2,3)129(10,11)120-54-69-74(76(111-7)81(123-69)100-44-42-70(105)103(84(100)107)57-114-48-61-34-22-16-23-35-61)125-127(109,116-50-63-38-26-28-40-65(63)88(90,91)92)118-52-67-73(77(112-8)83(121-67)102-56-98-72-79(96-55-97-80(72)102)99(46-59-30-18-14-19-31-59)47-60-32-20-15-21-33-60)124-128(110,117-51-64-39-27-29-41-66(64)89(93,94)95)119-53-68-75(126-130(12,13)87(4,5)6)78(113-9)82(122-68)101-45-43-71(106)104(85(101)108)58-115-49-62-36-24-17-25-37-62/h14-45,55-56,67-69,73-78,81-83H,46-54,57-58H2,1-13H3/t67-,68-,69-,73-,74-,75-,76-,77-,78-,81-,82-,83-,127?,128?/m1/s1. The number of nitrogens with zero attached hydrogens (tertiary/aromatic N) is 9. The molecule has 3 saturated heterocycles. The largest absolute Gasteiger partial charge is 0.475 e. The Hall–Kier alpha value is -9.14. The van der Waals surface area contributed by atoms with E-state index >= 15 is 35.5 Å². The van der Waals surface area contributed by atoms with Crippen molar-refractivity contribution in [2.45, 2.75) is 217 Å². The summed E-state index contributed by atoms with van der Waals surface area (Å²) in [6, 6.07) is 47.6. The molecule has 0 bridgehead atoms. The summed E-state index contributed by atoms with van der Waals surface area (Å²) >= 11 is 0. The van der Waals surface area contributed by atoms with Crippen molar-refractivity contribution >= 4 is 49.3 Å². The van der Waals surface area contributed by atoms with Crippen molar-refractivity contribution in [2.75, 3.05) is 46.0 Å². The second-order valence-electron chi connectivity index (χ2n) is 34.5. The predicted octanol–water partition coefficient (Wildman–Crippen LogP) is 16.1. The van der Waals surface area contributed by atoms with Gasteiger partial charge in [-0.15, -0.1) is 0 Å². The molecule has 3 aliphatic rings. The molecule has 0 radical (unpaired) electrons. The highest BCUT2D eigenvalue weighted by molar-refractivity contribution is 7.48. The zero-order valence-electron chi connectivity index (χ0n) is 74.0. The SMILES string of the molecule is CO[C@@H]1[C@H](O[Si](C)(C)C(C)(C)C)[C@@H](COP(=O)(OCc2ccccc2C(F)(F)F)O[C@H]2[C@@H](OC)[C@H](n3cnc4c(N(Cc5ccccc5)Cc5ccccc5)ncnc43)O[C@@H]2COP(=O)(OCc2ccccc2C(F)(F)F)O[C@H]2[C@@H](OC)[C@H](n3ccc(=O)n(COCc4ccccc4)c3=O)O[C@@H]2CO[Si](C)(C)C(C)(C)C)O[C@H]1n1ccc(=O)n(COCc2ccccc2)c1=O. The number of anilines is 1. The third-order valence-electron chi connectivity index (χ3n) is 23.8. The van der Waals surface area contributed by atoms with Gasteiger partial charge in [-0.3, -0.25) is 50.4 Å². The van der Waals surface area contributed by atoms with E-state index in [1.165, 1.54) is 56.9 Å². The van der Waals surface area contributed by atoms with Crippen LogP contribution in [0.3, 0.4) is 0 Å². The lowest BCUT2D eigenvalue weighted by molar-refractivity contribution is -0.139. The number of ether oxygens (including phenoxy) is 8. The van der Waals surface area contributed by atoms with E-state index in [0.29, 0.717) is 18.9 Å². The fourth-order valence-electron chi connectivity index (χ4n) is 14.8. The van der Waals surface area contributed by atoms with Crippen molar-refractivity contribution in [1.82, 2.24) is 37.8 Å². The van der Waals surface area contributed by atoms with Gasteiger partial charge in [-0.05, 0) is 81.8 Å². The molecule has 41 heteroatoms. The molecule has 31 nitrogen and oxygen atoms in total. The first-order valence-corrected chi connectivity index (χ1v) is 50.6. The molecule has 6 aromatic carbocycles. The number of hydrogen-bond donors (Lipinski definition) is 0. The average Bonchev–Trinajstić information content (AvgIpc) is 1.60. The van der Waals surface area contributed by atoms with Gasteiger partial charge in [0, 0.05) is 58.9 Å². The van der Waals surface area contributed by atoms with Crippen molar-refractivity contribution in [2.24, 2.45) is 0 Å². The smallest absolute Gasteiger partial charge is 0.414 e. The first kappa shape index (κ1) is 98.4. The lowest BCUT2D eigenvalue weighted by atomic mass is 10.1. The van der Waals surface area contributed by atoms with Crippen LogP contribution in [0.2, 0.25) is 36.3 Å². The number of phosphoric acid groups is 2. The highest BCUT2D eigenvalue weighted by atomic mass is 31.2. The number of halogens is 6. The van der Waals surface area contributed by atoms with Gasteiger partial charge in [0.15, 0.2) is 52.3 Å². The van der Waals surface area contributed by atoms with Gasteiger partial charge in [0.05, 0.1) is 63.7 Å². The van der Waals surface area contributed by atoms with E-state index in [1.807, 2.05) is 139 Å². The summed E-state index contributed by atoms with van der Waals surface area (Å²) in [5.41, 5.74) is -3.45. The Labute approximate surface area is 748 Å². The number of benzene rings is 6. The highest BCUT2D eigenvalue weighted by Crippen LogP contribution is 2.59. The minimum Gasteiger partial charge on any atom is -0.414 e. The maximum Gasteiger partial charge on any atom is 0.475 e. The van der Waals surface area contributed by atoms with Crippen LogP contribution >= 0.6 is 15.6 Å². The molecule has 130 heavy (non-hydrogen) atoms. The van der Waals surface area contributed by atoms with Crippen molar-refractivity contribution in [3.8, 4) is 0 Å². The molecule has 13 rings (SSSR count). The van der Waals surface area contributed by atoms with E-state index in [2.05, 4.69) is 0 Å². The van der Waals surface area contributed by atoms with Crippen molar-refractivity contribution in [3.05, 3.63) is 293 Å². The van der Waals surface area contributed by atoms with Gasteiger partial charge in [-0.1, -0.05) is 199 Å². The monoisotopic (exact) mass is 1890 g/mol. The molecule has 700 valence electrons. The van der Waals surface area contributed by atoms with Crippen LogP contribution in [-0.2, 0) is 148 Å². The van der Waals surface area contributed by atoms with Crippen molar-refractivity contribution in [3.63, 3.8) is 0 Å². The fourth-order valence-corrected chi connectivity index (χ4v) is 19.8. The summed E-state index contributed by atoms with van der Waals surface area (Å²) < 4.78 is 234. The summed E-state index contributed by atoms with van der Waals surface area (Å²) in [7, 11) is -13.7. The number of hydrogen-bond acceptors (Lipinski definition) is 26. The molecule has 7 heterocycles. The summed E-state index contributed by atoms with van der Waals surface area (Å²) in [6.45, 7) is 14.1. The molecule has 2 unspecified atom stereocenters. The maximum atomic E-state index is 16.9. The lowest BCUT2D eigenvalue weighted by Gasteiger charge is -2.40. The van der Waals surface area contributed by atoms with E-state index in [9.17, 15) is 19.2 Å². The van der Waals surface area contributed by atoms with Gasteiger partial charge in [-0.25, -0.2) is 42.8 Å². The molecule has 0 N–H and O–H groups in total. The summed E-state index contributed by atoms with van der Waals surface area (Å²) in [5.74, 6) is 0.325. The molecule has 0 amide bonds. The van der Waals surface area contributed by atoms with E-state index in [-0.39, 0.29) is 24.4 Å². The number of phosphoric ester groups is 2. The molecule has 3 fully saturated rings. The molecule has 4 aromatic heterocycles. The van der Waals surface area contributed by atoms with Crippen LogP contribution in [0.4, 0.5) is 32.2 Å². The van der Waals surface area contributed by atoms with Crippen LogP contribution in [0.25, 0.3) is 11.2 Å². The van der Waals surface area contributed by atoms with Crippen LogP contribution in [0, 0.1) is 0 Å². The number of imidazole rings is 1. The normalized spacial score (nSPS) is 22.1. The predicted molar refractivity (Wildman–Crippen MR) is 469 cm³/mol. The Balaban J connectivity index is 0.928. The second-order valence-corrected chi connectivity index (χ2v) is 47.3. The van der Waals surface area contributed by atoms with Gasteiger partial charge in [0.25, 0.3) is 11.1 Å². The number of fused-ring (bicyclic) bond motifs is 1. The Kier molecular flexibility index (Phi) is 31.4. The van der Waals surface area contributed by atoms with E-state index in [4.69, 9.17) is 88.8 Å². The summed E-state index contributed by atoms with van der Waals surface area (Å²) in [4.78, 5) is 73.2. The van der Waals surface area contributed by atoms with Gasteiger partial charge in [-0.2, -0.15) is 26.3 Å². The third-order valence-corrected chi connectivity index (χ3v) is 35.6. The molecular weight excluding hydrogens is 1780 g/mol. The first-order chi connectivity index (χ1) is 61.7. The minimum atomic E-state index is -5.74. The molecule has 3 aliphatic heterocycles. The summed E-state index contributed by atoms with van der Waals surface area (Å²) in [6.07, 6.45) is -24.3. The van der Waals surface area contributed by atoms with Gasteiger partial charge in [0.2, 0.25) is 0 Å². The number of aromatic nitrogens is 8. The lowest BCUT2D eigenvalue weighted by Crippen LogP contribution is -2.50. The molecule has 10 aromatic rings. The average molecular weight is 1890 g/mol. The Morgan fingerprint density at radius 2 is 0.808 bits per heavy atom. The maximum absolute atomic E-state index is 16.9. The second kappa shape index (κ2) is 41.6. The molecule has 14 atom stereocenters. The van der Waals surface area contributed by atoms with Crippen LogP contribution in [0.1, 0.15) is 105 Å². The highest BCUT2D eigenvalue weighted by Gasteiger charge is 2.58. The quantitative estimate of drug-likeness (QED) is 0.0196. The van der Waals surface area contributed by atoms with Crippen molar-refractivity contribution < 1.29 is 109 Å². The molecule has 0 aliphatic carbocycles. The number of rotatable bonds is 40. The van der Waals surface area contributed by atoms with Gasteiger partial charge < -0.3 is 51.6 Å². The van der Waals surface area contributed by atoms with E-state index < -0.39 is 220 Å². The zero-order chi connectivity index (χ0) is 93.3. The van der Waals surface area contributed by atoms with Gasteiger partial charge >= 0.3 is 39.4 Å². The van der Waals surface area contributed by atoms with Crippen LogP contribution in [0.15, 0.2) is 226 Å². The van der Waals surface area contributed by atoms with E-state index in [1.54, 1.807) is 54.6 Å². The van der Waals surface area contributed by atoms with Crippen LogP contribution in [0.5, 0.6) is 0 Å². The van der Waals surface area contributed by atoms with Crippen molar-refractivity contribution in [1.29, 1.82) is 0 Å². The van der Waals surface area contributed by atoms with Gasteiger partial charge in [0.1, 0.15) is 74.7 Å². The Morgan fingerprint density at radius 1 is 0.431 bits per heavy atom. The van der Waals surface area contributed by atoms with E-state index in [0.717, 1.165) is 95.2 Å².